The van der Waals surface area contributed by atoms with E-state index in [9.17, 15) is 12.8 Å². The lowest BCUT2D eigenvalue weighted by Crippen LogP contribution is -2.14. The maximum Gasteiger partial charge on any atom is 0.261 e. The van der Waals surface area contributed by atoms with Crippen LogP contribution in [-0.4, -0.2) is 15.0 Å². The van der Waals surface area contributed by atoms with Gasteiger partial charge >= 0.3 is 0 Å². The Morgan fingerprint density at radius 3 is 2.43 bits per heavy atom. The minimum absolute atomic E-state index is 0.131. The molecule has 0 aromatic heterocycles. The molecule has 0 fully saturated rings. The van der Waals surface area contributed by atoms with E-state index in [2.05, 4.69) is 4.72 Å². The number of sulfonamides is 1. The monoisotopic (exact) mass is 308 g/mol. The molecule has 0 aliphatic carbocycles. The zero-order valence-corrected chi connectivity index (χ0v) is 12.5. The van der Waals surface area contributed by atoms with Crippen molar-refractivity contribution in [3.63, 3.8) is 0 Å². The van der Waals surface area contributed by atoms with E-state index in [1.54, 1.807) is 12.1 Å². The highest BCUT2D eigenvalue weighted by Gasteiger charge is 2.16. The van der Waals surface area contributed by atoms with Crippen molar-refractivity contribution < 1.29 is 12.8 Å². The molecule has 0 spiro atoms. The van der Waals surface area contributed by atoms with Crippen molar-refractivity contribution in [2.24, 2.45) is 5.73 Å². The van der Waals surface area contributed by atoms with Gasteiger partial charge in [-0.05, 0) is 49.7 Å². The van der Waals surface area contributed by atoms with E-state index in [-0.39, 0.29) is 16.1 Å². The molecule has 0 unspecified atom stereocenters. The number of hydrogen-bond donors (Lipinski definition) is 2. The van der Waals surface area contributed by atoms with Crippen LogP contribution < -0.4 is 10.5 Å². The smallest absolute Gasteiger partial charge is 0.261 e. The van der Waals surface area contributed by atoms with Crippen LogP contribution in [0.15, 0.2) is 47.4 Å². The summed E-state index contributed by atoms with van der Waals surface area (Å²) in [6.45, 7) is 2.03. The molecule has 2 aromatic rings. The fraction of sp³-hybridized carbons (Fsp3) is 0.200. The highest BCUT2D eigenvalue weighted by atomic mass is 32.2. The van der Waals surface area contributed by atoms with Crippen molar-refractivity contribution in [3.8, 4) is 0 Å². The van der Waals surface area contributed by atoms with Crippen LogP contribution in [0.3, 0.4) is 0 Å². The van der Waals surface area contributed by atoms with E-state index in [4.69, 9.17) is 5.73 Å². The maximum atomic E-state index is 13.4. The summed E-state index contributed by atoms with van der Waals surface area (Å²) in [6, 6.07) is 10.8. The van der Waals surface area contributed by atoms with Crippen LogP contribution in [-0.2, 0) is 16.4 Å². The molecule has 6 heteroatoms. The molecule has 2 rings (SSSR count). The first-order valence-electron chi connectivity index (χ1n) is 6.51. The van der Waals surface area contributed by atoms with Crippen molar-refractivity contribution in [3.05, 3.63) is 59.4 Å². The van der Waals surface area contributed by atoms with E-state index in [1.807, 2.05) is 0 Å². The Hall–Kier alpha value is -1.92. The second kappa shape index (κ2) is 6.24. The largest absolute Gasteiger partial charge is 0.330 e. The Balaban J connectivity index is 2.27. The Morgan fingerprint density at radius 2 is 1.81 bits per heavy atom. The third kappa shape index (κ3) is 3.59. The maximum absolute atomic E-state index is 13.4. The number of nitrogens with one attached hydrogen (secondary N) is 1. The Kier molecular flexibility index (Phi) is 4.59. The minimum atomic E-state index is -3.73. The standard InChI is InChI=1S/C15H17FN2O2S/c1-11-14(16)3-2-4-15(11)18-21(19,20)13-7-5-12(6-8-13)9-10-17/h2-8,18H,9-10,17H2,1H3. The first kappa shape index (κ1) is 15.5. The average Bonchev–Trinajstić information content (AvgIpc) is 2.45. The summed E-state index contributed by atoms with van der Waals surface area (Å²) in [4.78, 5) is 0.131. The van der Waals surface area contributed by atoms with Gasteiger partial charge in [-0.15, -0.1) is 0 Å². The van der Waals surface area contributed by atoms with Gasteiger partial charge in [0.25, 0.3) is 10.0 Å². The molecule has 4 nitrogen and oxygen atoms in total. The van der Waals surface area contributed by atoms with Crippen LogP contribution in [0.1, 0.15) is 11.1 Å². The third-order valence-electron chi connectivity index (χ3n) is 3.18. The predicted octanol–water partition coefficient (Wildman–Crippen LogP) is 2.44. The average molecular weight is 308 g/mol. The van der Waals surface area contributed by atoms with Gasteiger partial charge in [0, 0.05) is 5.56 Å². The third-order valence-corrected chi connectivity index (χ3v) is 4.56. The number of anilines is 1. The van der Waals surface area contributed by atoms with Gasteiger partial charge in [0.1, 0.15) is 5.82 Å². The highest BCUT2D eigenvalue weighted by molar-refractivity contribution is 7.92. The van der Waals surface area contributed by atoms with Crippen LogP contribution in [0, 0.1) is 12.7 Å². The summed E-state index contributed by atoms with van der Waals surface area (Å²) in [6.07, 6.45) is 0.691. The van der Waals surface area contributed by atoms with Crippen LogP contribution in [0.4, 0.5) is 10.1 Å². The zero-order chi connectivity index (χ0) is 15.5. The molecule has 3 N–H and O–H groups in total. The van der Waals surface area contributed by atoms with Crippen molar-refractivity contribution in [1.82, 2.24) is 0 Å². The van der Waals surface area contributed by atoms with Crippen LogP contribution in [0.5, 0.6) is 0 Å². The van der Waals surface area contributed by atoms with Crippen molar-refractivity contribution in [2.75, 3.05) is 11.3 Å². The minimum Gasteiger partial charge on any atom is -0.330 e. The molecule has 21 heavy (non-hydrogen) atoms. The summed E-state index contributed by atoms with van der Waals surface area (Å²) < 4.78 is 40.4. The normalized spacial score (nSPS) is 11.4. The molecule has 0 saturated heterocycles. The molecule has 0 aliphatic heterocycles. The molecule has 0 aliphatic rings. The molecule has 112 valence electrons. The van der Waals surface area contributed by atoms with Gasteiger partial charge in [0.05, 0.1) is 10.6 Å². The lowest BCUT2D eigenvalue weighted by atomic mass is 10.2. The molecule has 2 aromatic carbocycles. The Morgan fingerprint density at radius 1 is 1.14 bits per heavy atom. The molecule has 0 atom stereocenters. The zero-order valence-electron chi connectivity index (χ0n) is 11.6. The number of nitrogens with two attached hydrogens (primary N) is 1. The van der Waals surface area contributed by atoms with Crippen molar-refractivity contribution in [1.29, 1.82) is 0 Å². The first-order chi connectivity index (χ1) is 9.94. The van der Waals surface area contributed by atoms with E-state index < -0.39 is 15.8 Å². The predicted molar refractivity (Wildman–Crippen MR) is 81.1 cm³/mol. The summed E-state index contributed by atoms with van der Waals surface area (Å²) in [5, 5.41) is 0. The molecule has 0 bridgehead atoms. The summed E-state index contributed by atoms with van der Waals surface area (Å²) in [5.41, 5.74) is 6.92. The molecule has 0 amide bonds. The second-order valence-electron chi connectivity index (χ2n) is 4.70. The van der Waals surface area contributed by atoms with Crippen LogP contribution in [0.25, 0.3) is 0 Å². The molecule has 0 radical (unpaired) electrons. The van der Waals surface area contributed by atoms with Crippen LogP contribution >= 0.6 is 0 Å². The van der Waals surface area contributed by atoms with Crippen molar-refractivity contribution in [2.45, 2.75) is 18.2 Å². The van der Waals surface area contributed by atoms with Gasteiger partial charge in [-0.2, -0.15) is 0 Å². The van der Waals surface area contributed by atoms with Gasteiger partial charge < -0.3 is 5.73 Å². The first-order valence-corrected chi connectivity index (χ1v) is 7.99. The number of rotatable bonds is 5. The van der Waals surface area contributed by atoms with E-state index in [0.717, 1.165) is 5.56 Å². The second-order valence-corrected chi connectivity index (χ2v) is 6.38. The van der Waals surface area contributed by atoms with Gasteiger partial charge in [-0.1, -0.05) is 18.2 Å². The van der Waals surface area contributed by atoms with Gasteiger partial charge in [0.2, 0.25) is 0 Å². The number of benzene rings is 2. The summed E-state index contributed by atoms with van der Waals surface area (Å²) in [7, 11) is -3.73. The molecular formula is C15H17FN2O2S. The fourth-order valence-corrected chi connectivity index (χ4v) is 3.05. The summed E-state index contributed by atoms with van der Waals surface area (Å²) in [5.74, 6) is -0.450. The Labute approximate surface area is 123 Å². The lowest BCUT2D eigenvalue weighted by molar-refractivity contribution is 0.600. The van der Waals surface area contributed by atoms with Gasteiger partial charge in [-0.3, -0.25) is 4.72 Å². The fourth-order valence-electron chi connectivity index (χ4n) is 1.92. The molecule has 0 heterocycles. The van der Waals surface area contributed by atoms with E-state index in [0.29, 0.717) is 13.0 Å². The highest BCUT2D eigenvalue weighted by Crippen LogP contribution is 2.21. The van der Waals surface area contributed by atoms with E-state index >= 15 is 0 Å². The molecular weight excluding hydrogens is 291 g/mol. The Bertz CT molecular complexity index is 728. The molecule has 0 saturated carbocycles. The van der Waals surface area contributed by atoms with E-state index in [1.165, 1.54) is 37.3 Å². The number of hydrogen-bond acceptors (Lipinski definition) is 3. The topological polar surface area (TPSA) is 72.2 Å². The van der Waals surface area contributed by atoms with Gasteiger partial charge in [0.15, 0.2) is 0 Å². The number of halogens is 1. The SMILES string of the molecule is Cc1c(F)cccc1NS(=O)(=O)c1ccc(CCN)cc1. The summed E-state index contributed by atoms with van der Waals surface area (Å²) >= 11 is 0. The lowest BCUT2D eigenvalue weighted by Gasteiger charge is -2.11. The van der Waals surface area contributed by atoms with Crippen LogP contribution in [0.2, 0.25) is 0 Å². The van der Waals surface area contributed by atoms with Crippen molar-refractivity contribution >= 4 is 15.7 Å². The quantitative estimate of drug-likeness (QED) is 0.891. The van der Waals surface area contributed by atoms with Gasteiger partial charge in [-0.25, -0.2) is 12.8 Å².